The van der Waals surface area contributed by atoms with Crippen LogP contribution in [-0.2, 0) is 13.0 Å². The molecule has 0 fully saturated rings. The number of amides is 1. The zero-order valence-electron chi connectivity index (χ0n) is 25.8. The van der Waals surface area contributed by atoms with Crippen LogP contribution in [0.3, 0.4) is 0 Å². The molecule has 3 heterocycles. The monoisotopic (exact) mass is 643 g/mol. The van der Waals surface area contributed by atoms with Crippen molar-refractivity contribution in [2.45, 2.75) is 51.1 Å². The van der Waals surface area contributed by atoms with Crippen molar-refractivity contribution in [2.75, 3.05) is 26.2 Å². The van der Waals surface area contributed by atoms with Crippen molar-refractivity contribution in [1.29, 1.82) is 0 Å². The van der Waals surface area contributed by atoms with E-state index >= 15 is 0 Å². The first-order valence-corrected chi connectivity index (χ1v) is 16.4. The number of hydrogen-bond acceptors (Lipinski definition) is 5. The van der Waals surface area contributed by atoms with Crippen LogP contribution in [0.4, 0.5) is 9.18 Å². The van der Waals surface area contributed by atoms with Gasteiger partial charge in [0.05, 0.1) is 12.9 Å². The van der Waals surface area contributed by atoms with Crippen molar-refractivity contribution in [3.8, 4) is 11.5 Å². The molecule has 10 heteroatoms. The van der Waals surface area contributed by atoms with Gasteiger partial charge < -0.3 is 24.3 Å². The highest BCUT2D eigenvalue weighted by atomic mass is 35.5. The summed E-state index contributed by atoms with van der Waals surface area (Å²) in [6.07, 6.45) is 11.3. The molecule has 0 saturated carbocycles. The fraction of sp³-hybridized carbons (Fsp3) is 0.333. The molecular weight excluding hydrogens is 605 g/mol. The average Bonchev–Trinajstić information content (AvgIpc) is 3.72. The Labute approximate surface area is 273 Å². The van der Waals surface area contributed by atoms with Crippen LogP contribution in [0.2, 0.25) is 5.02 Å². The summed E-state index contributed by atoms with van der Waals surface area (Å²) in [4.78, 5) is 22.8. The van der Waals surface area contributed by atoms with Gasteiger partial charge in [-0.3, -0.25) is 4.90 Å². The molecule has 0 spiro atoms. The molecule has 240 valence electrons. The second kappa shape index (κ2) is 15.3. The number of aromatic amines is 1. The van der Waals surface area contributed by atoms with Crippen molar-refractivity contribution in [1.82, 2.24) is 24.8 Å². The standard InChI is InChI=1S/C36H39ClFN5O3/c37-27-8-15-33-32(24-27)31-16-21-43(36(44)46-30-13-9-28(38)10-14-30)35(34(31)41-33)26-6-11-29(12-7-26)45-23-4-2-1-3-17-39-18-5-20-42-22-19-40-25-42/h6-15,19,22,24-25,35,39,41H,1-5,16-18,20-21,23H2. The summed E-state index contributed by atoms with van der Waals surface area (Å²) in [5.41, 5.74) is 3.97. The van der Waals surface area contributed by atoms with E-state index < -0.39 is 12.1 Å². The maximum atomic E-state index is 13.5. The molecule has 3 aromatic carbocycles. The molecule has 0 bridgehead atoms. The molecule has 6 rings (SSSR count). The van der Waals surface area contributed by atoms with Crippen LogP contribution in [0.5, 0.6) is 11.5 Å². The van der Waals surface area contributed by atoms with Gasteiger partial charge in [0.1, 0.15) is 23.4 Å². The first-order chi connectivity index (χ1) is 22.5. The average molecular weight is 644 g/mol. The number of benzene rings is 3. The van der Waals surface area contributed by atoms with E-state index in [0.29, 0.717) is 30.3 Å². The molecule has 2 N–H and O–H groups in total. The molecule has 1 aliphatic rings. The van der Waals surface area contributed by atoms with Gasteiger partial charge in [0.25, 0.3) is 0 Å². The Morgan fingerprint density at radius 3 is 2.57 bits per heavy atom. The number of nitrogens with one attached hydrogen (secondary N) is 2. The van der Waals surface area contributed by atoms with Crippen molar-refractivity contribution in [3.63, 3.8) is 0 Å². The fourth-order valence-corrected chi connectivity index (χ4v) is 6.21. The maximum Gasteiger partial charge on any atom is 0.416 e. The highest BCUT2D eigenvalue weighted by Crippen LogP contribution is 2.40. The normalized spacial score (nSPS) is 14.4. The number of rotatable bonds is 14. The molecule has 5 aromatic rings. The second-order valence-electron chi connectivity index (χ2n) is 11.6. The molecule has 1 aliphatic heterocycles. The zero-order valence-corrected chi connectivity index (χ0v) is 26.5. The molecule has 1 amide bonds. The summed E-state index contributed by atoms with van der Waals surface area (Å²) >= 11 is 6.34. The lowest BCUT2D eigenvalue weighted by atomic mass is 9.92. The number of halogens is 2. The van der Waals surface area contributed by atoms with Crippen LogP contribution < -0.4 is 14.8 Å². The summed E-state index contributed by atoms with van der Waals surface area (Å²) < 4.78 is 27.3. The van der Waals surface area contributed by atoms with Gasteiger partial charge >= 0.3 is 6.09 Å². The third kappa shape index (κ3) is 7.89. The lowest BCUT2D eigenvalue weighted by molar-refractivity contribution is 0.135. The molecule has 46 heavy (non-hydrogen) atoms. The van der Waals surface area contributed by atoms with Crippen LogP contribution >= 0.6 is 11.6 Å². The summed E-state index contributed by atoms with van der Waals surface area (Å²) in [7, 11) is 0. The first kappa shape index (κ1) is 31.6. The van der Waals surface area contributed by atoms with Crippen LogP contribution in [-0.4, -0.2) is 51.8 Å². The van der Waals surface area contributed by atoms with E-state index in [1.165, 1.54) is 30.7 Å². The summed E-state index contributed by atoms with van der Waals surface area (Å²) in [5.74, 6) is 0.699. The quantitative estimate of drug-likeness (QED) is 0.120. The van der Waals surface area contributed by atoms with E-state index in [2.05, 4.69) is 19.9 Å². The minimum Gasteiger partial charge on any atom is -0.494 e. The Morgan fingerprint density at radius 1 is 0.978 bits per heavy atom. The van der Waals surface area contributed by atoms with Crippen molar-refractivity contribution < 1.29 is 18.7 Å². The van der Waals surface area contributed by atoms with Crippen LogP contribution in [0, 0.1) is 5.82 Å². The summed E-state index contributed by atoms with van der Waals surface area (Å²) in [6.45, 7) is 4.16. The Kier molecular flexibility index (Phi) is 10.5. The Balaban J connectivity index is 1.03. The maximum absolute atomic E-state index is 13.5. The number of ether oxygens (including phenoxy) is 2. The number of fused-ring (bicyclic) bond motifs is 3. The van der Waals surface area contributed by atoms with E-state index in [1.54, 1.807) is 4.90 Å². The number of carbonyl (C=O) groups excluding carboxylic acids is 1. The fourth-order valence-electron chi connectivity index (χ4n) is 6.04. The minimum atomic E-state index is -0.496. The second-order valence-corrected chi connectivity index (χ2v) is 12.0. The topological polar surface area (TPSA) is 84.4 Å². The number of nitrogens with zero attached hydrogens (tertiary/aromatic N) is 3. The van der Waals surface area contributed by atoms with Gasteiger partial charge in [0.15, 0.2) is 0 Å². The van der Waals surface area contributed by atoms with Gasteiger partial charge in [-0.1, -0.05) is 36.6 Å². The Hall–Kier alpha value is -4.34. The third-order valence-corrected chi connectivity index (χ3v) is 8.62. The van der Waals surface area contributed by atoms with Crippen molar-refractivity contribution >= 4 is 28.6 Å². The largest absolute Gasteiger partial charge is 0.494 e. The summed E-state index contributed by atoms with van der Waals surface area (Å²) in [5, 5.41) is 5.24. The van der Waals surface area contributed by atoms with E-state index in [4.69, 9.17) is 21.1 Å². The molecule has 8 nitrogen and oxygen atoms in total. The first-order valence-electron chi connectivity index (χ1n) is 16.0. The molecule has 1 unspecified atom stereocenters. The molecule has 0 aliphatic carbocycles. The highest BCUT2D eigenvalue weighted by molar-refractivity contribution is 6.31. The summed E-state index contributed by atoms with van der Waals surface area (Å²) in [6, 6.07) is 18.8. The molecule has 1 atom stereocenters. The predicted molar refractivity (Wildman–Crippen MR) is 178 cm³/mol. The number of H-pyrrole nitrogens is 1. The van der Waals surface area contributed by atoms with Crippen LogP contribution in [0.15, 0.2) is 85.5 Å². The van der Waals surface area contributed by atoms with E-state index in [1.807, 2.05) is 61.2 Å². The van der Waals surface area contributed by atoms with E-state index in [-0.39, 0.29) is 5.82 Å². The number of aryl methyl sites for hydroxylation is 1. The number of unbranched alkanes of at least 4 members (excludes halogenated alkanes) is 3. The number of aromatic nitrogens is 3. The Bertz CT molecular complexity index is 1710. The van der Waals surface area contributed by atoms with E-state index in [0.717, 1.165) is 78.8 Å². The van der Waals surface area contributed by atoms with Crippen molar-refractivity contribution in [3.05, 3.63) is 113 Å². The lowest BCUT2D eigenvalue weighted by Gasteiger charge is -2.35. The van der Waals surface area contributed by atoms with Crippen molar-refractivity contribution in [2.24, 2.45) is 0 Å². The van der Waals surface area contributed by atoms with E-state index in [9.17, 15) is 9.18 Å². The van der Waals surface area contributed by atoms with Gasteiger partial charge in [-0.15, -0.1) is 0 Å². The van der Waals surface area contributed by atoms with Gasteiger partial charge in [0, 0.05) is 47.1 Å². The molecular formula is C36H39ClFN5O3. The van der Waals surface area contributed by atoms with Gasteiger partial charge in [-0.05, 0) is 104 Å². The highest BCUT2D eigenvalue weighted by Gasteiger charge is 2.35. The number of imidazole rings is 1. The van der Waals surface area contributed by atoms with Gasteiger partial charge in [0.2, 0.25) is 0 Å². The Morgan fingerprint density at radius 2 is 1.76 bits per heavy atom. The minimum absolute atomic E-state index is 0.293. The SMILES string of the molecule is O=C(Oc1ccc(F)cc1)N1CCc2c([nH]c3ccc(Cl)cc23)C1c1ccc(OCCCCCCNCCCn2ccnc2)cc1. The zero-order chi connectivity index (χ0) is 31.7. The molecule has 0 saturated heterocycles. The van der Waals surface area contributed by atoms with Crippen LogP contribution in [0.25, 0.3) is 10.9 Å². The number of hydrogen-bond donors (Lipinski definition) is 2. The van der Waals surface area contributed by atoms with Gasteiger partial charge in [-0.25, -0.2) is 14.2 Å². The van der Waals surface area contributed by atoms with Gasteiger partial charge in [-0.2, -0.15) is 0 Å². The van der Waals surface area contributed by atoms with Crippen LogP contribution in [0.1, 0.15) is 55.0 Å². The predicted octanol–water partition coefficient (Wildman–Crippen LogP) is 7.92. The number of carbonyl (C=O) groups is 1. The molecule has 2 aromatic heterocycles. The third-order valence-electron chi connectivity index (χ3n) is 8.38. The smallest absolute Gasteiger partial charge is 0.416 e. The lowest BCUT2D eigenvalue weighted by Crippen LogP contribution is -2.42. The molecule has 0 radical (unpaired) electrons.